The lowest BCUT2D eigenvalue weighted by Gasteiger charge is -2.35. The Morgan fingerprint density at radius 2 is 1.82 bits per heavy atom. The molecular formula is C19H30O3. The first-order valence-electron chi connectivity index (χ1n) is 8.77. The molecule has 3 heteroatoms. The van der Waals surface area contributed by atoms with Crippen LogP contribution < -0.4 is 0 Å². The Bertz CT molecular complexity index is 432. The minimum Gasteiger partial charge on any atom is -0.507 e. The van der Waals surface area contributed by atoms with E-state index in [2.05, 4.69) is 13.8 Å². The molecule has 1 aromatic carbocycles. The van der Waals surface area contributed by atoms with Crippen molar-refractivity contribution < 1.29 is 14.6 Å². The van der Waals surface area contributed by atoms with E-state index >= 15 is 0 Å². The van der Waals surface area contributed by atoms with E-state index in [1.165, 1.54) is 44.9 Å². The summed E-state index contributed by atoms with van der Waals surface area (Å²) in [5, 5.41) is 9.90. The number of phenolic OH excluding ortho intramolecular Hbond substituents is 1. The lowest BCUT2D eigenvalue weighted by molar-refractivity contribution is -0.237. The smallest absolute Gasteiger partial charge is 0.187 e. The summed E-state index contributed by atoms with van der Waals surface area (Å²) in [5.41, 5.74) is 0.729. The zero-order valence-corrected chi connectivity index (χ0v) is 14.0. The van der Waals surface area contributed by atoms with Gasteiger partial charge in [-0.1, -0.05) is 63.6 Å². The van der Waals surface area contributed by atoms with Gasteiger partial charge in [-0.25, -0.2) is 0 Å². The van der Waals surface area contributed by atoms with Gasteiger partial charge in [-0.15, -0.1) is 0 Å². The van der Waals surface area contributed by atoms with E-state index in [-0.39, 0.29) is 11.9 Å². The van der Waals surface area contributed by atoms with Gasteiger partial charge in [-0.3, -0.25) is 0 Å². The number of phenols is 1. The molecule has 1 aliphatic rings. The van der Waals surface area contributed by atoms with Gasteiger partial charge in [0.15, 0.2) is 6.29 Å². The number of para-hydroxylation sites is 1. The molecule has 1 aromatic rings. The van der Waals surface area contributed by atoms with Crippen molar-refractivity contribution in [3.8, 4) is 5.75 Å². The highest BCUT2D eigenvalue weighted by Gasteiger charge is 2.30. The van der Waals surface area contributed by atoms with E-state index in [0.29, 0.717) is 5.92 Å². The third-order valence-corrected chi connectivity index (χ3v) is 4.58. The second-order valence-electron chi connectivity index (χ2n) is 6.38. The summed E-state index contributed by atoms with van der Waals surface area (Å²) in [6.45, 7) is 5.09. The van der Waals surface area contributed by atoms with Gasteiger partial charge in [0.1, 0.15) is 5.75 Å². The number of ether oxygens (including phenoxy) is 2. The third-order valence-electron chi connectivity index (χ3n) is 4.58. The maximum atomic E-state index is 9.90. The summed E-state index contributed by atoms with van der Waals surface area (Å²) < 4.78 is 11.8. The van der Waals surface area contributed by atoms with Gasteiger partial charge in [-0.05, 0) is 19.4 Å². The largest absolute Gasteiger partial charge is 0.507 e. The van der Waals surface area contributed by atoms with Crippen LogP contribution in [0.15, 0.2) is 24.3 Å². The SMILES string of the molecule is CCCCCCCCC1COC(c2ccccc2O)OC1C. The van der Waals surface area contributed by atoms with Crippen molar-refractivity contribution in [1.82, 2.24) is 0 Å². The average Bonchev–Trinajstić information content (AvgIpc) is 2.52. The maximum absolute atomic E-state index is 9.90. The second kappa shape index (κ2) is 9.16. The predicted octanol–water partition coefficient (Wildman–Crippen LogP) is 5.19. The quantitative estimate of drug-likeness (QED) is 0.671. The standard InChI is InChI=1S/C19H30O3/c1-3-4-5-6-7-8-11-16-14-21-19(22-15(16)2)17-12-9-10-13-18(17)20/h9-10,12-13,15-16,19-20H,3-8,11,14H2,1-2H3. The first-order valence-corrected chi connectivity index (χ1v) is 8.77. The Morgan fingerprint density at radius 1 is 1.09 bits per heavy atom. The van der Waals surface area contributed by atoms with Crippen LogP contribution >= 0.6 is 0 Å². The fourth-order valence-corrected chi connectivity index (χ4v) is 3.05. The Morgan fingerprint density at radius 3 is 2.55 bits per heavy atom. The highest BCUT2D eigenvalue weighted by atomic mass is 16.7. The van der Waals surface area contributed by atoms with Crippen molar-refractivity contribution >= 4 is 0 Å². The molecule has 2 rings (SSSR count). The molecule has 0 amide bonds. The Balaban J connectivity index is 1.72. The molecule has 0 radical (unpaired) electrons. The Labute approximate surface area is 134 Å². The van der Waals surface area contributed by atoms with Crippen molar-refractivity contribution in [2.45, 2.75) is 71.2 Å². The zero-order valence-electron chi connectivity index (χ0n) is 14.0. The average molecular weight is 306 g/mol. The molecule has 0 aliphatic carbocycles. The van der Waals surface area contributed by atoms with Gasteiger partial charge >= 0.3 is 0 Å². The minimum atomic E-state index is -0.433. The van der Waals surface area contributed by atoms with Gasteiger partial charge in [0.2, 0.25) is 0 Å². The van der Waals surface area contributed by atoms with E-state index in [4.69, 9.17) is 9.47 Å². The Hall–Kier alpha value is -1.06. The molecule has 1 heterocycles. The van der Waals surface area contributed by atoms with Crippen molar-refractivity contribution in [3.05, 3.63) is 29.8 Å². The van der Waals surface area contributed by atoms with Gasteiger partial charge in [0.25, 0.3) is 0 Å². The van der Waals surface area contributed by atoms with Crippen LogP contribution in [0.3, 0.4) is 0 Å². The van der Waals surface area contributed by atoms with Gasteiger partial charge < -0.3 is 14.6 Å². The van der Waals surface area contributed by atoms with Crippen molar-refractivity contribution in [1.29, 1.82) is 0 Å². The van der Waals surface area contributed by atoms with Crippen LogP contribution in [0.4, 0.5) is 0 Å². The van der Waals surface area contributed by atoms with Gasteiger partial charge in [0.05, 0.1) is 12.7 Å². The maximum Gasteiger partial charge on any atom is 0.187 e. The molecule has 3 atom stereocenters. The highest BCUT2D eigenvalue weighted by molar-refractivity contribution is 5.32. The normalized spacial score (nSPS) is 25.3. The van der Waals surface area contributed by atoms with E-state index in [9.17, 15) is 5.11 Å². The Kier molecular flexibility index (Phi) is 7.20. The fourth-order valence-electron chi connectivity index (χ4n) is 3.05. The fraction of sp³-hybridized carbons (Fsp3) is 0.684. The number of unbranched alkanes of at least 4 members (excludes halogenated alkanes) is 5. The predicted molar refractivity (Wildman–Crippen MR) is 88.8 cm³/mol. The van der Waals surface area contributed by atoms with Crippen LogP contribution in [0.1, 0.15) is 70.6 Å². The lowest BCUT2D eigenvalue weighted by Crippen LogP contribution is -2.34. The number of hydrogen-bond donors (Lipinski definition) is 1. The molecule has 3 nitrogen and oxygen atoms in total. The molecular weight excluding hydrogens is 276 g/mol. The van der Waals surface area contributed by atoms with E-state index < -0.39 is 6.29 Å². The van der Waals surface area contributed by atoms with Crippen molar-refractivity contribution in [2.75, 3.05) is 6.61 Å². The molecule has 0 aromatic heterocycles. The monoisotopic (exact) mass is 306 g/mol. The molecule has 1 fully saturated rings. The van der Waals surface area contributed by atoms with Crippen molar-refractivity contribution in [2.24, 2.45) is 5.92 Å². The molecule has 124 valence electrons. The zero-order chi connectivity index (χ0) is 15.8. The number of hydrogen-bond acceptors (Lipinski definition) is 3. The van der Waals surface area contributed by atoms with Crippen LogP contribution in [0.2, 0.25) is 0 Å². The van der Waals surface area contributed by atoms with Crippen LogP contribution in [0, 0.1) is 5.92 Å². The highest BCUT2D eigenvalue weighted by Crippen LogP contribution is 2.35. The van der Waals surface area contributed by atoms with Gasteiger partial charge in [-0.2, -0.15) is 0 Å². The van der Waals surface area contributed by atoms with Crippen LogP contribution in [-0.2, 0) is 9.47 Å². The van der Waals surface area contributed by atoms with E-state index in [0.717, 1.165) is 12.2 Å². The molecule has 1 saturated heterocycles. The number of aromatic hydroxyl groups is 1. The number of rotatable bonds is 8. The first kappa shape index (κ1) is 17.3. The molecule has 0 saturated carbocycles. The first-order chi connectivity index (χ1) is 10.7. The van der Waals surface area contributed by atoms with Crippen LogP contribution in [-0.4, -0.2) is 17.8 Å². The third kappa shape index (κ3) is 4.99. The summed E-state index contributed by atoms with van der Waals surface area (Å²) in [6.07, 6.45) is 8.84. The summed E-state index contributed by atoms with van der Waals surface area (Å²) in [6, 6.07) is 7.25. The van der Waals surface area contributed by atoms with E-state index in [1.54, 1.807) is 6.07 Å². The molecule has 0 bridgehead atoms. The summed E-state index contributed by atoms with van der Waals surface area (Å²) in [4.78, 5) is 0. The van der Waals surface area contributed by atoms with Crippen LogP contribution in [0.25, 0.3) is 0 Å². The summed E-state index contributed by atoms with van der Waals surface area (Å²) in [5.74, 6) is 0.711. The number of benzene rings is 1. The molecule has 1 aliphatic heterocycles. The lowest BCUT2D eigenvalue weighted by atomic mass is 9.95. The molecule has 3 unspecified atom stereocenters. The van der Waals surface area contributed by atoms with Crippen LogP contribution in [0.5, 0.6) is 5.75 Å². The van der Waals surface area contributed by atoms with Crippen molar-refractivity contribution in [3.63, 3.8) is 0 Å². The topological polar surface area (TPSA) is 38.7 Å². The van der Waals surface area contributed by atoms with Gasteiger partial charge in [0, 0.05) is 11.5 Å². The summed E-state index contributed by atoms with van der Waals surface area (Å²) >= 11 is 0. The molecule has 1 N–H and O–H groups in total. The molecule has 0 spiro atoms. The molecule has 22 heavy (non-hydrogen) atoms. The minimum absolute atomic E-state index is 0.175. The van der Waals surface area contributed by atoms with E-state index in [1.807, 2.05) is 18.2 Å². The second-order valence-corrected chi connectivity index (χ2v) is 6.38. The summed E-state index contributed by atoms with van der Waals surface area (Å²) in [7, 11) is 0.